The van der Waals surface area contributed by atoms with Crippen LogP contribution in [0.5, 0.6) is 0 Å². The fourth-order valence-electron chi connectivity index (χ4n) is 2.50. The van der Waals surface area contributed by atoms with E-state index >= 15 is 0 Å². The second-order valence-electron chi connectivity index (χ2n) is 5.93. The lowest BCUT2D eigenvalue weighted by molar-refractivity contribution is -0.149. The van der Waals surface area contributed by atoms with Crippen molar-refractivity contribution < 1.29 is 24.2 Å². The van der Waals surface area contributed by atoms with Crippen molar-refractivity contribution in [3.63, 3.8) is 0 Å². The number of ether oxygens (including phenoxy) is 2. The summed E-state index contributed by atoms with van der Waals surface area (Å²) in [5, 5.41) is 9.35. The molecule has 1 amide bonds. The Labute approximate surface area is 106 Å². The number of carbonyl (C=O) groups excluding carboxylic acids is 1. The molecule has 0 aliphatic carbocycles. The summed E-state index contributed by atoms with van der Waals surface area (Å²) in [5.74, 6) is -0.893. The van der Waals surface area contributed by atoms with Gasteiger partial charge in [0, 0.05) is 13.2 Å². The van der Waals surface area contributed by atoms with Crippen LogP contribution in [0, 0.1) is 5.41 Å². The number of nitrogens with zero attached hydrogens (tertiary/aromatic N) is 1. The van der Waals surface area contributed by atoms with Gasteiger partial charge in [0.15, 0.2) is 0 Å². The van der Waals surface area contributed by atoms with E-state index in [0.29, 0.717) is 19.6 Å². The zero-order valence-corrected chi connectivity index (χ0v) is 10.9. The number of carboxylic acid groups (broad SMARTS) is 1. The standard InChI is InChI=1S/C12H19NO5/c1-11(2,3)18-10(16)13-6-8-12(7-13,9(14)15)4-5-17-8/h8H,4-7H2,1-3H3,(H,14,15)/t8-,12-/m0/s1. The molecule has 2 heterocycles. The molecule has 0 bridgehead atoms. The molecule has 18 heavy (non-hydrogen) atoms. The minimum Gasteiger partial charge on any atom is -0.481 e. The third kappa shape index (κ3) is 2.16. The van der Waals surface area contributed by atoms with Crippen LogP contribution in [0.2, 0.25) is 0 Å². The second-order valence-corrected chi connectivity index (χ2v) is 5.93. The maximum atomic E-state index is 11.9. The molecule has 102 valence electrons. The first kappa shape index (κ1) is 13.1. The molecule has 2 aliphatic rings. The topological polar surface area (TPSA) is 76.1 Å². The smallest absolute Gasteiger partial charge is 0.410 e. The Bertz CT molecular complexity index is 375. The fraction of sp³-hybridized carbons (Fsp3) is 0.833. The van der Waals surface area contributed by atoms with Crippen molar-refractivity contribution in [2.24, 2.45) is 5.41 Å². The van der Waals surface area contributed by atoms with E-state index in [9.17, 15) is 14.7 Å². The first-order valence-electron chi connectivity index (χ1n) is 6.07. The van der Waals surface area contributed by atoms with Gasteiger partial charge in [0.2, 0.25) is 0 Å². The highest BCUT2D eigenvalue weighted by Crippen LogP contribution is 2.41. The quantitative estimate of drug-likeness (QED) is 0.761. The zero-order chi connectivity index (χ0) is 13.6. The largest absolute Gasteiger partial charge is 0.481 e. The summed E-state index contributed by atoms with van der Waals surface area (Å²) in [6.45, 7) is 6.25. The molecule has 6 nitrogen and oxygen atoms in total. The van der Waals surface area contributed by atoms with Crippen LogP contribution < -0.4 is 0 Å². The van der Waals surface area contributed by atoms with Gasteiger partial charge in [-0.1, -0.05) is 0 Å². The van der Waals surface area contributed by atoms with Gasteiger partial charge >= 0.3 is 12.1 Å². The maximum Gasteiger partial charge on any atom is 0.410 e. The van der Waals surface area contributed by atoms with Crippen molar-refractivity contribution in [2.75, 3.05) is 19.7 Å². The van der Waals surface area contributed by atoms with Gasteiger partial charge < -0.3 is 19.5 Å². The summed E-state index contributed by atoms with van der Waals surface area (Å²) in [6.07, 6.45) is -0.435. The van der Waals surface area contributed by atoms with Crippen LogP contribution in [0.3, 0.4) is 0 Å². The monoisotopic (exact) mass is 257 g/mol. The first-order chi connectivity index (χ1) is 8.24. The van der Waals surface area contributed by atoms with Gasteiger partial charge in [-0.15, -0.1) is 0 Å². The van der Waals surface area contributed by atoms with Crippen molar-refractivity contribution in [3.05, 3.63) is 0 Å². The Morgan fingerprint density at radius 1 is 1.44 bits per heavy atom. The van der Waals surface area contributed by atoms with Gasteiger partial charge in [-0.3, -0.25) is 4.79 Å². The lowest BCUT2D eigenvalue weighted by atomic mass is 9.84. The third-order valence-corrected chi connectivity index (χ3v) is 3.42. The summed E-state index contributed by atoms with van der Waals surface area (Å²) in [6, 6.07) is 0. The number of carboxylic acids is 1. The Kier molecular flexibility index (Phi) is 3.01. The number of fused-ring (bicyclic) bond motifs is 1. The molecule has 0 saturated carbocycles. The van der Waals surface area contributed by atoms with E-state index in [1.165, 1.54) is 4.90 Å². The van der Waals surface area contributed by atoms with Crippen LogP contribution in [0.25, 0.3) is 0 Å². The lowest BCUT2D eigenvalue weighted by Gasteiger charge is -2.25. The normalized spacial score (nSPS) is 31.3. The van der Waals surface area contributed by atoms with Gasteiger partial charge in [0.05, 0.1) is 12.6 Å². The highest BCUT2D eigenvalue weighted by atomic mass is 16.6. The summed E-state index contributed by atoms with van der Waals surface area (Å²) in [5.41, 5.74) is -1.52. The number of aliphatic carboxylic acids is 1. The summed E-state index contributed by atoms with van der Waals surface area (Å²) in [7, 11) is 0. The summed E-state index contributed by atoms with van der Waals surface area (Å²) >= 11 is 0. The van der Waals surface area contributed by atoms with E-state index in [1.807, 2.05) is 0 Å². The van der Waals surface area contributed by atoms with Crippen molar-refractivity contribution in [2.45, 2.75) is 38.9 Å². The van der Waals surface area contributed by atoms with Crippen LogP contribution in [-0.2, 0) is 14.3 Å². The number of rotatable bonds is 1. The lowest BCUT2D eigenvalue weighted by Crippen LogP contribution is -2.40. The Balaban J connectivity index is 2.08. The van der Waals surface area contributed by atoms with Crippen molar-refractivity contribution >= 4 is 12.1 Å². The minimum atomic E-state index is -0.948. The van der Waals surface area contributed by atoms with Crippen LogP contribution >= 0.6 is 0 Å². The van der Waals surface area contributed by atoms with Gasteiger partial charge in [-0.2, -0.15) is 0 Å². The summed E-state index contributed by atoms with van der Waals surface area (Å²) < 4.78 is 10.7. The number of hydrogen-bond acceptors (Lipinski definition) is 4. The van der Waals surface area contributed by atoms with Gasteiger partial charge in [0.1, 0.15) is 11.0 Å². The number of carbonyl (C=O) groups is 2. The minimum absolute atomic E-state index is 0.169. The molecule has 0 spiro atoms. The van der Waals surface area contributed by atoms with Crippen molar-refractivity contribution in [3.8, 4) is 0 Å². The van der Waals surface area contributed by atoms with E-state index in [4.69, 9.17) is 9.47 Å². The van der Waals surface area contributed by atoms with E-state index in [1.54, 1.807) is 20.8 Å². The van der Waals surface area contributed by atoms with E-state index in [-0.39, 0.29) is 6.54 Å². The number of likely N-dealkylation sites (tertiary alicyclic amines) is 1. The Hall–Kier alpha value is -1.30. The molecule has 0 aromatic rings. The molecule has 2 rings (SSSR count). The Morgan fingerprint density at radius 2 is 2.11 bits per heavy atom. The van der Waals surface area contributed by atoms with Gasteiger partial charge in [-0.05, 0) is 27.2 Å². The van der Waals surface area contributed by atoms with E-state index < -0.39 is 29.2 Å². The third-order valence-electron chi connectivity index (χ3n) is 3.42. The molecule has 6 heteroatoms. The molecule has 1 N–H and O–H groups in total. The molecule has 0 unspecified atom stereocenters. The number of amides is 1. The molecule has 0 aromatic heterocycles. The van der Waals surface area contributed by atoms with E-state index in [2.05, 4.69) is 0 Å². The molecule has 2 aliphatic heterocycles. The molecular weight excluding hydrogens is 238 g/mol. The maximum absolute atomic E-state index is 11.9. The first-order valence-corrected chi connectivity index (χ1v) is 6.07. The highest BCUT2D eigenvalue weighted by molar-refractivity contribution is 5.79. The summed E-state index contributed by atoms with van der Waals surface area (Å²) in [4.78, 5) is 24.7. The molecule has 2 atom stereocenters. The molecule has 0 aromatic carbocycles. The molecule has 2 fully saturated rings. The number of hydrogen-bond donors (Lipinski definition) is 1. The Morgan fingerprint density at radius 3 is 2.61 bits per heavy atom. The SMILES string of the molecule is CC(C)(C)OC(=O)N1C[C@@H]2OCC[C@]2(C(=O)O)C1. The van der Waals surface area contributed by atoms with Crippen LogP contribution in [-0.4, -0.2) is 53.5 Å². The average Bonchev–Trinajstić information content (AvgIpc) is 2.69. The van der Waals surface area contributed by atoms with Crippen molar-refractivity contribution in [1.29, 1.82) is 0 Å². The highest BCUT2D eigenvalue weighted by Gasteiger charge is 2.57. The van der Waals surface area contributed by atoms with Crippen LogP contribution in [0.4, 0.5) is 4.79 Å². The van der Waals surface area contributed by atoms with Crippen LogP contribution in [0.15, 0.2) is 0 Å². The predicted octanol–water partition coefficient (Wildman–Crippen LogP) is 1.10. The molecular formula is C12H19NO5. The zero-order valence-electron chi connectivity index (χ0n) is 10.9. The fourth-order valence-corrected chi connectivity index (χ4v) is 2.50. The molecule has 2 saturated heterocycles. The van der Waals surface area contributed by atoms with E-state index in [0.717, 1.165) is 0 Å². The van der Waals surface area contributed by atoms with Crippen molar-refractivity contribution in [1.82, 2.24) is 4.90 Å². The van der Waals surface area contributed by atoms with Gasteiger partial charge in [0.25, 0.3) is 0 Å². The predicted molar refractivity (Wildman–Crippen MR) is 62.2 cm³/mol. The average molecular weight is 257 g/mol. The van der Waals surface area contributed by atoms with Crippen LogP contribution in [0.1, 0.15) is 27.2 Å². The second kappa shape index (κ2) is 4.12. The molecule has 0 radical (unpaired) electrons. The van der Waals surface area contributed by atoms with Gasteiger partial charge in [-0.25, -0.2) is 4.79 Å².